The molecule has 1 aromatic carbocycles. The Kier molecular flexibility index (Phi) is 8.74. The number of oxazole rings is 1. The molecule has 1 fully saturated rings. The lowest BCUT2D eigenvalue weighted by Crippen LogP contribution is -2.43. The molecule has 0 spiro atoms. The molecule has 0 aliphatic carbocycles. The Morgan fingerprint density at radius 3 is 2.41 bits per heavy atom. The number of nitrogens with one attached hydrogen (secondary N) is 2. The summed E-state index contributed by atoms with van der Waals surface area (Å²) >= 11 is 0. The highest BCUT2D eigenvalue weighted by Crippen LogP contribution is 2.20. The summed E-state index contributed by atoms with van der Waals surface area (Å²) < 4.78 is 5.74. The highest BCUT2D eigenvalue weighted by Gasteiger charge is 2.21. The predicted octanol–water partition coefficient (Wildman–Crippen LogP) is 4.63. The number of aromatic nitrogens is 1. The van der Waals surface area contributed by atoms with Crippen molar-refractivity contribution in [2.75, 3.05) is 26.7 Å². The normalized spacial score (nSPS) is 17.0. The molecule has 2 aromatic rings. The fourth-order valence-corrected chi connectivity index (χ4v) is 4.28. The van der Waals surface area contributed by atoms with Gasteiger partial charge >= 0.3 is 0 Å². The standard InChI is InChI=1S/C26H41N5O/c1-18(2)15-22-7-9-24(10-8-22)20(4)30-26(27-6)28-16-23-11-13-31(14-12-23)17-25-29-19(3)21(5)32-25/h7-10,18,20,23H,11-17H2,1-6H3,(H2,27,28,30). The Morgan fingerprint density at radius 1 is 1.16 bits per heavy atom. The van der Waals surface area contributed by atoms with Crippen LogP contribution in [0, 0.1) is 25.7 Å². The van der Waals surface area contributed by atoms with Crippen LogP contribution in [0.1, 0.15) is 68.1 Å². The number of guanidine groups is 1. The third-order valence-corrected chi connectivity index (χ3v) is 6.40. The van der Waals surface area contributed by atoms with E-state index in [0.29, 0.717) is 11.8 Å². The lowest BCUT2D eigenvalue weighted by molar-refractivity contribution is 0.164. The molecule has 1 aliphatic heterocycles. The summed E-state index contributed by atoms with van der Waals surface area (Å²) in [5.74, 6) is 3.98. The molecule has 6 nitrogen and oxygen atoms in total. The van der Waals surface area contributed by atoms with Gasteiger partial charge in [-0.3, -0.25) is 9.89 Å². The average molecular weight is 440 g/mol. The van der Waals surface area contributed by atoms with Crippen molar-refractivity contribution in [1.82, 2.24) is 20.5 Å². The average Bonchev–Trinajstić information content (AvgIpc) is 3.08. The van der Waals surface area contributed by atoms with E-state index in [1.807, 2.05) is 20.9 Å². The number of hydrogen-bond acceptors (Lipinski definition) is 4. The minimum absolute atomic E-state index is 0.212. The number of nitrogens with zero attached hydrogens (tertiary/aromatic N) is 3. The maximum absolute atomic E-state index is 5.74. The van der Waals surface area contributed by atoms with Crippen molar-refractivity contribution in [3.63, 3.8) is 0 Å². The van der Waals surface area contributed by atoms with Crippen molar-refractivity contribution < 1.29 is 4.42 Å². The topological polar surface area (TPSA) is 65.7 Å². The number of rotatable bonds is 8. The van der Waals surface area contributed by atoms with Crippen LogP contribution < -0.4 is 10.6 Å². The third-order valence-electron chi connectivity index (χ3n) is 6.40. The van der Waals surface area contributed by atoms with Crippen LogP contribution in [0.3, 0.4) is 0 Å². The number of likely N-dealkylation sites (tertiary alicyclic amines) is 1. The molecule has 1 atom stereocenters. The Balaban J connectivity index is 1.40. The van der Waals surface area contributed by atoms with Gasteiger partial charge in [0.1, 0.15) is 5.76 Å². The van der Waals surface area contributed by atoms with Crippen molar-refractivity contribution in [1.29, 1.82) is 0 Å². The summed E-state index contributed by atoms with van der Waals surface area (Å²) in [6.45, 7) is 14.6. The zero-order chi connectivity index (χ0) is 23.1. The van der Waals surface area contributed by atoms with E-state index in [1.54, 1.807) is 0 Å². The number of hydrogen-bond donors (Lipinski definition) is 2. The second-order valence-electron chi connectivity index (χ2n) is 9.63. The Morgan fingerprint density at radius 2 is 1.84 bits per heavy atom. The maximum atomic E-state index is 5.74. The summed E-state index contributed by atoms with van der Waals surface area (Å²) in [6, 6.07) is 9.17. The van der Waals surface area contributed by atoms with Gasteiger partial charge in [0, 0.05) is 13.6 Å². The molecule has 6 heteroatoms. The first-order valence-corrected chi connectivity index (χ1v) is 12.0. The Labute approximate surface area is 193 Å². The van der Waals surface area contributed by atoms with Gasteiger partial charge in [-0.1, -0.05) is 38.1 Å². The molecule has 1 saturated heterocycles. The highest BCUT2D eigenvalue weighted by atomic mass is 16.4. The molecular formula is C26H41N5O. The molecule has 0 radical (unpaired) electrons. The first-order chi connectivity index (χ1) is 15.3. The lowest BCUT2D eigenvalue weighted by Gasteiger charge is -2.31. The molecule has 1 aromatic heterocycles. The van der Waals surface area contributed by atoms with Crippen LogP contribution in [0.25, 0.3) is 0 Å². The van der Waals surface area contributed by atoms with Crippen molar-refractivity contribution in [2.45, 2.75) is 66.5 Å². The van der Waals surface area contributed by atoms with Gasteiger partial charge in [-0.2, -0.15) is 0 Å². The second-order valence-corrected chi connectivity index (χ2v) is 9.63. The van der Waals surface area contributed by atoms with Gasteiger partial charge in [-0.15, -0.1) is 0 Å². The fraction of sp³-hybridized carbons (Fsp3) is 0.615. The molecule has 3 rings (SSSR count). The predicted molar refractivity (Wildman–Crippen MR) is 132 cm³/mol. The van der Waals surface area contributed by atoms with E-state index in [2.05, 4.69) is 70.5 Å². The highest BCUT2D eigenvalue weighted by molar-refractivity contribution is 5.80. The van der Waals surface area contributed by atoms with Gasteiger partial charge < -0.3 is 15.1 Å². The molecule has 2 heterocycles. The summed E-state index contributed by atoms with van der Waals surface area (Å²) in [5.41, 5.74) is 3.68. The summed E-state index contributed by atoms with van der Waals surface area (Å²) in [7, 11) is 1.84. The first-order valence-electron chi connectivity index (χ1n) is 12.0. The van der Waals surface area contributed by atoms with E-state index in [4.69, 9.17) is 4.42 Å². The first kappa shape index (κ1) is 24.3. The smallest absolute Gasteiger partial charge is 0.208 e. The van der Waals surface area contributed by atoms with Crippen LogP contribution in [0.4, 0.5) is 0 Å². The quantitative estimate of drug-likeness (QED) is 0.464. The van der Waals surface area contributed by atoms with Crippen LogP contribution in [-0.4, -0.2) is 42.5 Å². The van der Waals surface area contributed by atoms with Crippen molar-refractivity contribution >= 4 is 5.96 Å². The third kappa shape index (κ3) is 7.09. The van der Waals surface area contributed by atoms with E-state index in [1.165, 1.54) is 24.0 Å². The van der Waals surface area contributed by atoms with Crippen LogP contribution in [0.15, 0.2) is 33.7 Å². The monoisotopic (exact) mass is 439 g/mol. The molecule has 2 N–H and O–H groups in total. The SMILES string of the molecule is CN=C(NCC1CCN(Cc2nc(C)c(C)o2)CC1)NC(C)c1ccc(CC(C)C)cc1. The molecule has 0 amide bonds. The summed E-state index contributed by atoms with van der Waals surface area (Å²) in [5, 5.41) is 7.08. The largest absolute Gasteiger partial charge is 0.444 e. The maximum Gasteiger partial charge on any atom is 0.208 e. The van der Waals surface area contributed by atoms with Gasteiger partial charge in [-0.05, 0) is 76.1 Å². The van der Waals surface area contributed by atoms with Crippen LogP contribution in [0.2, 0.25) is 0 Å². The molecule has 176 valence electrons. The molecule has 1 unspecified atom stereocenters. The molecular weight excluding hydrogens is 398 g/mol. The molecule has 0 saturated carbocycles. The van der Waals surface area contributed by atoms with Gasteiger partial charge in [0.05, 0.1) is 18.3 Å². The number of aryl methyl sites for hydroxylation is 2. The minimum atomic E-state index is 0.212. The van der Waals surface area contributed by atoms with E-state index in [9.17, 15) is 0 Å². The zero-order valence-electron chi connectivity index (χ0n) is 20.7. The van der Waals surface area contributed by atoms with Crippen molar-refractivity contribution in [3.8, 4) is 0 Å². The molecule has 1 aliphatic rings. The lowest BCUT2D eigenvalue weighted by atomic mass is 9.97. The van der Waals surface area contributed by atoms with E-state index >= 15 is 0 Å². The van der Waals surface area contributed by atoms with Gasteiger partial charge in [0.15, 0.2) is 5.96 Å². The Hall–Kier alpha value is -2.34. The van der Waals surface area contributed by atoms with E-state index in [0.717, 1.165) is 55.9 Å². The molecule has 0 bridgehead atoms. The van der Waals surface area contributed by atoms with E-state index in [-0.39, 0.29) is 6.04 Å². The summed E-state index contributed by atoms with van der Waals surface area (Å²) in [4.78, 5) is 11.4. The second kappa shape index (κ2) is 11.5. The fourth-order valence-electron chi connectivity index (χ4n) is 4.28. The summed E-state index contributed by atoms with van der Waals surface area (Å²) in [6.07, 6.45) is 3.48. The number of piperidine rings is 1. The van der Waals surface area contributed by atoms with Crippen LogP contribution in [0.5, 0.6) is 0 Å². The zero-order valence-corrected chi connectivity index (χ0v) is 20.7. The minimum Gasteiger partial charge on any atom is -0.444 e. The number of benzene rings is 1. The Bertz CT molecular complexity index is 843. The van der Waals surface area contributed by atoms with Gasteiger partial charge in [0.25, 0.3) is 0 Å². The van der Waals surface area contributed by atoms with Gasteiger partial charge in [-0.25, -0.2) is 4.98 Å². The molecule has 32 heavy (non-hydrogen) atoms. The van der Waals surface area contributed by atoms with Gasteiger partial charge in [0.2, 0.25) is 5.89 Å². The van der Waals surface area contributed by atoms with Crippen LogP contribution in [-0.2, 0) is 13.0 Å². The van der Waals surface area contributed by atoms with E-state index < -0.39 is 0 Å². The van der Waals surface area contributed by atoms with Crippen molar-refractivity contribution in [2.24, 2.45) is 16.8 Å². The van der Waals surface area contributed by atoms with Crippen LogP contribution >= 0.6 is 0 Å². The number of aliphatic imine (C=N–C) groups is 1. The van der Waals surface area contributed by atoms with Crippen molar-refractivity contribution in [3.05, 3.63) is 52.7 Å².